The zero-order chi connectivity index (χ0) is 20.1. The summed E-state index contributed by atoms with van der Waals surface area (Å²) >= 11 is 0. The van der Waals surface area contributed by atoms with Gasteiger partial charge in [-0.1, -0.05) is 36.4 Å². The van der Waals surface area contributed by atoms with Crippen molar-refractivity contribution >= 4 is 11.7 Å². The SMILES string of the molecule is COC(=O)c1ccccc1Cc1ccc(OC)c(-c2cccc([N+](=O)[O-])c2)c1. The van der Waals surface area contributed by atoms with Crippen LogP contribution in [0, 0.1) is 10.1 Å². The molecule has 0 saturated heterocycles. The Balaban J connectivity index is 2.02. The summed E-state index contributed by atoms with van der Waals surface area (Å²) < 4.78 is 10.3. The number of rotatable bonds is 6. The van der Waals surface area contributed by atoms with E-state index in [9.17, 15) is 14.9 Å². The van der Waals surface area contributed by atoms with E-state index in [1.807, 2.05) is 30.3 Å². The summed E-state index contributed by atoms with van der Waals surface area (Å²) in [4.78, 5) is 22.7. The van der Waals surface area contributed by atoms with Crippen LogP contribution in [0.25, 0.3) is 11.1 Å². The van der Waals surface area contributed by atoms with Gasteiger partial charge in [0.1, 0.15) is 5.75 Å². The van der Waals surface area contributed by atoms with Gasteiger partial charge in [-0.3, -0.25) is 10.1 Å². The second-order valence-corrected chi connectivity index (χ2v) is 6.17. The predicted octanol–water partition coefficient (Wildman–Crippen LogP) is 4.65. The number of carbonyl (C=O) groups excluding carboxylic acids is 1. The number of methoxy groups -OCH3 is 2. The summed E-state index contributed by atoms with van der Waals surface area (Å²) in [7, 11) is 2.91. The second kappa shape index (κ2) is 8.35. The molecule has 3 rings (SSSR count). The Kier molecular flexibility index (Phi) is 5.69. The Morgan fingerprint density at radius 1 is 1.00 bits per heavy atom. The zero-order valence-corrected chi connectivity index (χ0v) is 15.5. The molecule has 0 aliphatic rings. The van der Waals surface area contributed by atoms with Crippen molar-refractivity contribution in [3.05, 3.63) is 93.5 Å². The maximum absolute atomic E-state index is 12.0. The van der Waals surface area contributed by atoms with Gasteiger partial charge in [0, 0.05) is 17.7 Å². The monoisotopic (exact) mass is 377 g/mol. The second-order valence-electron chi connectivity index (χ2n) is 6.17. The van der Waals surface area contributed by atoms with Crippen LogP contribution >= 0.6 is 0 Å². The number of esters is 1. The van der Waals surface area contributed by atoms with Crippen LogP contribution in [0.3, 0.4) is 0 Å². The van der Waals surface area contributed by atoms with Crippen LogP contribution in [-0.2, 0) is 11.2 Å². The van der Waals surface area contributed by atoms with E-state index in [2.05, 4.69) is 0 Å². The highest BCUT2D eigenvalue weighted by Crippen LogP contribution is 2.33. The minimum atomic E-state index is -0.424. The lowest BCUT2D eigenvalue weighted by molar-refractivity contribution is -0.384. The molecule has 0 aliphatic carbocycles. The minimum Gasteiger partial charge on any atom is -0.496 e. The lowest BCUT2D eigenvalue weighted by atomic mass is 9.96. The number of ether oxygens (including phenoxy) is 2. The van der Waals surface area contributed by atoms with Crippen LogP contribution in [0.2, 0.25) is 0 Å². The molecule has 0 heterocycles. The number of hydrogen-bond acceptors (Lipinski definition) is 5. The van der Waals surface area contributed by atoms with Gasteiger partial charge in [0.2, 0.25) is 0 Å². The molecule has 0 aromatic heterocycles. The normalized spacial score (nSPS) is 10.4. The fourth-order valence-electron chi connectivity index (χ4n) is 3.08. The average molecular weight is 377 g/mol. The van der Waals surface area contributed by atoms with E-state index in [0.717, 1.165) is 16.7 Å². The van der Waals surface area contributed by atoms with Gasteiger partial charge in [-0.25, -0.2) is 4.79 Å². The van der Waals surface area contributed by atoms with Crippen molar-refractivity contribution in [1.82, 2.24) is 0 Å². The van der Waals surface area contributed by atoms with Crippen LogP contribution < -0.4 is 4.74 Å². The first-order valence-electron chi connectivity index (χ1n) is 8.61. The highest BCUT2D eigenvalue weighted by molar-refractivity contribution is 5.91. The molecule has 3 aromatic carbocycles. The first kappa shape index (κ1) is 19.1. The fraction of sp³-hybridized carbons (Fsp3) is 0.136. The van der Waals surface area contributed by atoms with Crippen molar-refractivity contribution in [2.24, 2.45) is 0 Å². The van der Waals surface area contributed by atoms with Gasteiger partial charge < -0.3 is 9.47 Å². The Morgan fingerprint density at radius 2 is 1.79 bits per heavy atom. The number of carbonyl (C=O) groups is 1. The number of nitro groups is 1. The zero-order valence-electron chi connectivity index (χ0n) is 15.5. The van der Waals surface area contributed by atoms with Crippen LogP contribution in [-0.4, -0.2) is 25.1 Å². The van der Waals surface area contributed by atoms with Crippen LogP contribution in [0.4, 0.5) is 5.69 Å². The van der Waals surface area contributed by atoms with Gasteiger partial charge in [-0.15, -0.1) is 0 Å². The van der Waals surface area contributed by atoms with Crippen LogP contribution in [0.15, 0.2) is 66.7 Å². The summed E-state index contributed by atoms with van der Waals surface area (Å²) in [6, 6.07) is 19.3. The van der Waals surface area contributed by atoms with Crippen molar-refractivity contribution in [3.8, 4) is 16.9 Å². The van der Waals surface area contributed by atoms with Gasteiger partial charge >= 0.3 is 5.97 Å². The van der Waals surface area contributed by atoms with Gasteiger partial charge in [0.25, 0.3) is 5.69 Å². The van der Waals surface area contributed by atoms with Gasteiger partial charge in [0.05, 0.1) is 24.7 Å². The summed E-state index contributed by atoms with van der Waals surface area (Å²) in [6.07, 6.45) is 0.511. The molecule has 3 aromatic rings. The fourth-order valence-corrected chi connectivity index (χ4v) is 3.08. The molecule has 0 aliphatic heterocycles. The molecule has 0 amide bonds. The van der Waals surface area contributed by atoms with E-state index in [-0.39, 0.29) is 11.7 Å². The van der Waals surface area contributed by atoms with Gasteiger partial charge in [-0.2, -0.15) is 0 Å². The minimum absolute atomic E-state index is 0.0148. The largest absolute Gasteiger partial charge is 0.496 e. The molecular formula is C22H19NO5. The van der Waals surface area contributed by atoms with Crippen molar-refractivity contribution in [2.75, 3.05) is 14.2 Å². The molecule has 0 saturated carbocycles. The molecule has 0 N–H and O–H groups in total. The summed E-state index contributed by atoms with van der Waals surface area (Å²) in [5, 5.41) is 11.1. The molecular weight excluding hydrogens is 358 g/mol. The topological polar surface area (TPSA) is 78.7 Å². The molecule has 0 bridgehead atoms. The van der Waals surface area contributed by atoms with E-state index < -0.39 is 4.92 Å². The Morgan fingerprint density at radius 3 is 2.50 bits per heavy atom. The molecule has 0 spiro atoms. The molecule has 6 nitrogen and oxygen atoms in total. The van der Waals surface area contributed by atoms with E-state index in [0.29, 0.717) is 23.3 Å². The first-order chi connectivity index (χ1) is 13.5. The number of hydrogen-bond donors (Lipinski definition) is 0. The summed E-state index contributed by atoms with van der Waals surface area (Å²) in [5.41, 5.74) is 3.75. The first-order valence-corrected chi connectivity index (χ1v) is 8.61. The number of nitrogens with zero attached hydrogens (tertiary/aromatic N) is 1. The van der Waals surface area contributed by atoms with E-state index in [1.54, 1.807) is 31.4 Å². The quantitative estimate of drug-likeness (QED) is 0.355. The van der Waals surface area contributed by atoms with Gasteiger partial charge in [0.15, 0.2) is 0 Å². The third-order valence-corrected chi connectivity index (χ3v) is 4.45. The smallest absolute Gasteiger partial charge is 0.338 e. The van der Waals surface area contributed by atoms with Crippen molar-refractivity contribution in [3.63, 3.8) is 0 Å². The maximum atomic E-state index is 12.0. The van der Waals surface area contributed by atoms with Gasteiger partial charge in [-0.05, 0) is 41.3 Å². The highest BCUT2D eigenvalue weighted by atomic mass is 16.6. The van der Waals surface area contributed by atoms with E-state index in [4.69, 9.17) is 9.47 Å². The maximum Gasteiger partial charge on any atom is 0.338 e. The molecule has 0 radical (unpaired) electrons. The molecule has 142 valence electrons. The predicted molar refractivity (Wildman–Crippen MR) is 106 cm³/mol. The van der Waals surface area contributed by atoms with Crippen molar-refractivity contribution < 1.29 is 19.2 Å². The molecule has 0 unspecified atom stereocenters. The van der Waals surface area contributed by atoms with Crippen molar-refractivity contribution in [1.29, 1.82) is 0 Å². The Hall–Kier alpha value is -3.67. The summed E-state index contributed by atoms with van der Waals surface area (Å²) in [6.45, 7) is 0. The average Bonchev–Trinajstić information content (AvgIpc) is 2.73. The van der Waals surface area contributed by atoms with E-state index in [1.165, 1.54) is 19.2 Å². The number of benzene rings is 3. The molecule has 6 heteroatoms. The lowest BCUT2D eigenvalue weighted by Crippen LogP contribution is -2.06. The Labute approximate surface area is 162 Å². The third kappa shape index (κ3) is 4.01. The van der Waals surface area contributed by atoms with E-state index >= 15 is 0 Å². The third-order valence-electron chi connectivity index (χ3n) is 4.45. The molecule has 28 heavy (non-hydrogen) atoms. The molecule has 0 atom stereocenters. The highest BCUT2D eigenvalue weighted by Gasteiger charge is 2.14. The lowest BCUT2D eigenvalue weighted by Gasteiger charge is -2.13. The Bertz CT molecular complexity index is 1030. The number of nitro benzene ring substituents is 1. The van der Waals surface area contributed by atoms with Crippen LogP contribution in [0.1, 0.15) is 21.5 Å². The van der Waals surface area contributed by atoms with Crippen molar-refractivity contribution in [2.45, 2.75) is 6.42 Å². The summed E-state index contributed by atoms with van der Waals surface area (Å²) in [5.74, 6) is 0.230. The molecule has 0 fully saturated rings. The van der Waals surface area contributed by atoms with Crippen LogP contribution in [0.5, 0.6) is 5.75 Å². The standard InChI is InChI=1S/C22H19NO5/c1-27-21-11-10-15(12-16-6-3-4-9-19(16)22(24)28-2)13-20(21)17-7-5-8-18(14-17)23(25)26/h3-11,13-14H,12H2,1-2H3. The number of non-ortho nitro benzene ring substituents is 1.